The smallest absolute Gasteiger partial charge is 0.369 e. The second-order valence-corrected chi connectivity index (χ2v) is 4.75. The van der Waals surface area contributed by atoms with Crippen molar-refractivity contribution in [2.45, 2.75) is 26.3 Å². The van der Waals surface area contributed by atoms with Crippen LogP contribution >= 0.6 is 0 Å². The molecule has 0 aromatic carbocycles. The van der Waals surface area contributed by atoms with Crippen LogP contribution < -0.4 is 10.3 Å². The number of hydrogen-bond acceptors (Lipinski definition) is 3. The molecule has 6 nitrogen and oxygen atoms in total. The molecule has 0 fully saturated rings. The van der Waals surface area contributed by atoms with Gasteiger partial charge in [-0.1, -0.05) is 4.98 Å². The van der Waals surface area contributed by atoms with E-state index < -0.39 is 0 Å². The summed E-state index contributed by atoms with van der Waals surface area (Å²) in [4.78, 5) is 24.2. The molecular formula is C10H18N5O+. The molecule has 16 heavy (non-hydrogen) atoms. The lowest BCUT2D eigenvalue weighted by atomic mass is 10.1. The van der Waals surface area contributed by atoms with Gasteiger partial charge in [0, 0.05) is 14.1 Å². The van der Waals surface area contributed by atoms with Gasteiger partial charge in [-0.05, 0) is 20.8 Å². The topological polar surface area (TPSA) is 65.2 Å². The lowest BCUT2D eigenvalue weighted by Crippen LogP contribution is -2.62. The van der Waals surface area contributed by atoms with Crippen LogP contribution in [-0.2, 0) is 5.54 Å². The summed E-state index contributed by atoms with van der Waals surface area (Å²) in [5.74, 6) is 0.305. The molecule has 1 aromatic heterocycles. The number of H-pyrrole nitrogens is 1. The van der Waals surface area contributed by atoms with Gasteiger partial charge < -0.3 is 4.90 Å². The molecule has 0 radical (unpaired) electrons. The fraction of sp³-hybridized carbons (Fsp3) is 0.600. The summed E-state index contributed by atoms with van der Waals surface area (Å²) >= 11 is 0. The SMILES string of the molecule is CN(C)C=Nc1nc[n+](C(C)(C)C)c(=O)[nH]1. The van der Waals surface area contributed by atoms with Gasteiger partial charge in [0.2, 0.25) is 6.33 Å². The number of aromatic amines is 1. The Labute approximate surface area is 94.7 Å². The highest BCUT2D eigenvalue weighted by molar-refractivity contribution is 5.57. The zero-order valence-corrected chi connectivity index (χ0v) is 10.4. The van der Waals surface area contributed by atoms with Gasteiger partial charge in [-0.2, -0.15) is 14.5 Å². The molecule has 1 N–H and O–H groups in total. The van der Waals surface area contributed by atoms with Crippen molar-refractivity contribution in [2.24, 2.45) is 4.99 Å². The van der Waals surface area contributed by atoms with E-state index in [1.165, 1.54) is 10.9 Å². The van der Waals surface area contributed by atoms with Gasteiger partial charge in [0.1, 0.15) is 0 Å². The van der Waals surface area contributed by atoms with Crippen molar-refractivity contribution in [2.75, 3.05) is 14.1 Å². The van der Waals surface area contributed by atoms with Crippen LogP contribution in [-0.4, -0.2) is 35.3 Å². The van der Waals surface area contributed by atoms with Crippen molar-refractivity contribution >= 4 is 12.3 Å². The molecule has 1 rings (SSSR count). The van der Waals surface area contributed by atoms with Crippen LogP contribution in [0.5, 0.6) is 0 Å². The highest BCUT2D eigenvalue weighted by atomic mass is 16.1. The third kappa shape index (κ3) is 3.15. The lowest BCUT2D eigenvalue weighted by molar-refractivity contribution is -0.771. The fourth-order valence-corrected chi connectivity index (χ4v) is 1.07. The molecule has 1 aromatic rings. The predicted molar refractivity (Wildman–Crippen MR) is 61.9 cm³/mol. The Bertz CT molecular complexity index is 441. The zero-order valence-electron chi connectivity index (χ0n) is 10.4. The van der Waals surface area contributed by atoms with Gasteiger partial charge >= 0.3 is 11.6 Å². The molecule has 0 aliphatic rings. The number of aliphatic imine (C=N–C) groups is 1. The molecule has 0 saturated heterocycles. The van der Waals surface area contributed by atoms with Crippen LogP contribution in [0.3, 0.4) is 0 Å². The average Bonchev–Trinajstić information content (AvgIpc) is 2.12. The highest BCUT2D eigenvalue weighted by Crippen LogP contribution is 2.01. The van der Waals surface area contributed by atoms with Gasteiger partial charge in [0.15, 0.2) is 0 Å². The summed E-state index contributed by atoms with van der Waals surface area (Å²) in [6.07, 6.45) is 3.08. The van der Waals surface area contributed by atoms with E-state index in [9.17, 15) is 4.79 Å². The molecule has 0 saturated carbocycles. The summed E-state index contributed by atoms with van der Waals surface area (Å²) in [5.41, 5.74) is -0.502. The Morgan fingerprint density at radius 3 is 2.56 bits per heavy atom. The first-order valence-corrected chi connectivity index (χ1v) is 5.03. The van der Waals surface area contributed by atoms with Crippen LogP contribution in [0.15, 0.2) is 16.1 Å². The van der Waals surface area contributed by atoms with Crippen LogP contribution in [0.4, 0.5) is 5.95 Å². The van der Waals surface area contributed by atoms with Crippen molar-refractivity contribution in [3.63, 3.8) is 0 Å². The summed E-state index contributed by atoms with van der Waals surface area (Å²) in [6.45, 7) is 5.81. The number of nitrogens with zero attached hydrogens (tertiary/aromatic N) is 4. The second kappa shape index (κ2) is 4.42. The Kier molecular flexibility index (Phi) is 3.41. The number of aromatic nitrogens is 3. The predicted octanol–water partition coefficient (Wildman–Crippen LogP) is 0.0338. The highest BCUT2D eigenvalue weighted by Gasteiger charge is 2.21. The van der Waals surface area contributed by atoms with Gasteiger partial charge in [0.25, 0.3) is 0 Å². The number of nitrogens with one attached hydrogen (secondary N) is 1. The minimum absolute atomic E-state index is 0.214. The minimum atomic E-state index is -0.287. The largest absolute Gasteiger partial charge is 0.444 e. The molecule has 0 unspecified atom stereocenters. The van der Waals surface area contributed by atoms with Crippen molar-refractivity contribution in [1.82, 2.24) is 14.9 Å². The third-order valence-electron chi connectivity index (χ3n) is 1.87. The van der Waals surface area contributed by atoms with E-state index >= 15 is 0 Å². The molecule has 0 aliphatic heterocycles. The number of hydrogen-bond donors (Lipinski definition) is 1. The van der Waals surface area contributed by atoms with Gasteiger partial charge in [-0.3, -0.25) is 0 Å². The van der Waals surface area contributed by atoms with Crippen LogP contribution in [0, 0.1) is 0 Å². The first-order valence-electron chi connectivity index (χ1n) is 5.03. The lowest BCUT2D eigenvalue weighted by Gasteiger charge is -2.14. The van der Waals surface area contributed by atoms with Crippen LogP contribution in [0.25, 0.3) is 0 Å². The molecule has 0 bridgehead atoms. The van der Waals surface area contributed by atoms with E-state index in [4.69, 9.17) is 0 Å². The molecule has 1 heterocycles. The van der Waals surface area contributed by atoms with E-state index in [0.29, 0.717) is 5.95 Å². The van der Waals surface area contributed by atoms with Gasteiger partial charge in [-0.25, -0.2) is 4.79 Å². The van der Waals surface area contributed by atoms with Gasteiger partial charge in [0.05, 0.1) is 11.9 Å². The monoisotopic (exact) mass is 224 g/mol. The fourth-order valence-electron chi connectivity index (χ4n) is 1.07. The molecule has 0 atom stereocenters. The maximum atomic E-state index is 11.7. The molecule has 0 spiro atoms. The first kappa shape index (κ1) is 12.4. The summed E-state index contributed by atoms with van der Waals surface area (Å²) in [6, 6.07) is 0. The zero-order chi connectivity index (χ0) is 12.3. The van der Waals surface area contributed by atoms with Crippen molar-refractivity contribution < 1.29 is 4.57 Å². The van der Waals surface area contributed by atoms with E-state index in [2.05, 4.69) is 15.0 Å². The quantitative estimate of drug-likeness (QED) is 0.438. The Morgan fingerprint density at radius 2 is 2.12 bits per heavy atom. The Balaban J connectivity index is 3.06. The third-order valence-corrected chi connectivity index (χ3v) is 1.87. The maximum absolute atomic E-state index is 11.7. The van der Waals surface area contributed by atoms with E-state index in [-0.39, 0.29) is 11.2 Å². The van der Waals surface area contributed by atoms with Crippen molar-refractivity contribution in [3.05, 3.63) is 16.8 Å². The van der Waals surface area contributed by atoms with Crippen molar-refractivity contribution in [1.29, 1.82) is 0 Å². The molecule has 6 heteroatoms. The van der Waals surface area contributed by atoms with E-state index in [0.717, 1.165) is 0 Å². The van der Waals surface area contributed by atoms with E-state index in [1.54, 1.807) is 11.2 Å². The Morgan fingerprint density at radius 1 is 1.50 bits per heavy atom. The summed E-state index contributed by atoms with van der Waals surface area (Å²) in [5, 5.41) is 0. The molecule has 0 aliphatic carbocycles. The molecule has 0 amide bonds. The minimum Gasteiger partial charge on any atom is -0.369 e. The Hall–Kier alpha value is -1.72. The van der Waals surface area contributed by atoms with E-state index in [1.807, 2.05) is 34.9 Å². The molecular weight excluding hydrogens is 206 g/mol. The molecule has 88 valence electrons. The first-order chi connectivity index (χ1) is 7.30. The summed E-state index contributed by atoms with van der Waals surface area (Å²) < 4.78 is 1.53. The van der Waals surface area contributed by atoms with Gasteiger partial charge in [-0.15, -0.1) is 0 Å². The standard InChI is InChI=1S/C10H17N5O/c1-10(2,3)15-7-12-8(13-9(15)16)11-6-14(4)5/h6-7H,1-5H3/p+1. The summed E-state index contributed by atoms with van der Waals surface area (Å²) in [7, 11) is 3.69. The average molecular weight is 224 g/mol. The second-order valence-electron chi connectivity index (χ2n) is 4.75. The maximum Gasteiger partial charge on any atom is 0.444 e. The van der Waals surface area contributed by atoms with Crippen molar-refractivity contribution in [3.8, 4) is 0 Å². The van der Waals surface area contributed by atoms with Crippen LogP contribution in [0.2, 0.25) is 0 Å². The number of rotatable bonds is 2. The van der Waals surface area contributed by atoms with Crippen LogP contribution in [0.1, 0.15) is 20.8 Å². The normalized spacial score (nSPS) is 12.1.